The molecule has 2 heteroatoms. The minimum atomic E-state index is -0.140. The molecule has 0 fully saturated rings. The van der Waals surface area contributed by atoms with Crippen LogP contribution in [0.1, 0.15) is 33.6 Å². The van der Waals surface area contributed by atoms with E-state index in [0.29, 0.717) is 19.4 Å². The van der Waals surface area contributed by atoms with Crippen molar-refractivity contribution >= 4 is 5.97 Å². The Morgan fingerprint density at radius 2 is 1.64 bits per heavy atom. The van der Waals surface area contributed by atoms with Gasteiger partial charge in [0.25, 0.3) is 0 Å². The van der Waals surface area contributed by atoms with Crippen molar-refractivity contribution in [3.05, 3.63) is 24.3 Å². The SMILES string of the molecule is C=C(C)CC(CC(=C)C)C(=O)OCC. The van der Waals surface area contributed by atoms with Crippen molar-refractivity contribution in [2.45, 2.75) is 33.6 Å². The summed E-state index contributed by atoms with van der Waals surface area (Å²) >= 11 is 0. The third-order valence-electron chi connectivity index (χ3n) is 1.81. The number of esters is 1. The molecular formula is C12H20O2. The molecule has 0 amide bonds. The Bertz CT molecular complexity index is 212. The molecule has 2 nitrogen and oxygen atoms in total. The molecule has 0 rings (SSSR count). The minimum Gasteiger partial charge on any atom is -0.466 e. The number of carbonyl (C=O) groups excluding carboxylic acids is 1. The van der Waals surface area contributed by atoms with Crippen LogP contribution in [0.25, 0.3) is 0 Å². The van der Waals surface area contributed by atoms with Crippen molar-refractivity contribution in [3.8, 4) is 0 Å². The lowest BCUT2D eigenvalue weighted by Gasteiger charge is -2.15. The summed E-state index contributed by atoms with van der Waals surface area (Å²) in [7, 11) is 0. The Labute approximate surface area is 86.6 Å². The molecule has 0 aromatic heterocycles. The first kappa shape index (κ1) is 12.9. The van der Waals surface area contributed by atoms with Crippen LogP contribution >= 0.6 is 0 Å². The van der Waals surface area contributed by atoms with Crippen LogP contribution in [0.5, 0.6) is 0 Å². The average Bonchev–Trinajstić information content (AvgIpc) is 2.01. The van der Waals surface area contributed by atoms with Gasteiger partial charge in [0, 0.05) is 0 Å². The van der Waals surface area contributed by atoms with Gasteiger partial charge < -0.3 is 4.74 Å². The van der Waals surface area contributed by atoms with Crippen LogP contribution < -0.4 is 0 Å². The molecule has 0 atom stereocenters. The normalized spacial score (nSPS) is 10.0. The molecule has 0 saturated heterocycles. The second kappa shape index (κ2) is 6.41. The zero-order chi connectivity index (χ0) is 11.1. The van der Waals surface area contributed by atoms with Crippen LogP contribution in [0, 0.1) is 5.92 Å². The first-order chi connectivity index (χ1) is 6.47. The number of rotatable bonds is 6. The highest BCUT2D eigenvalue weighted by Gasteiger charge is 2.19. The highest BCUT2D eigenvalue weighted by atomic mass is 16.5. The van der Waals surface area contributed by atoms with Gasteiger partial charge in [0.1, 0.15) is 0 Å². The summed E-state index contributed by atoms with van der Waals surface area (Å²) in [5.74, 6) is -0.247. The molecule has 14 heavy (non-hydrogen) atoms. The topological polar surface area (TPSA) is 26.3 Å². The van der Waals surface area contributed by atoms with Gasteiger partial charge in [-0.2, -0.15) is 0 Å². The smallest absolute Gasteiger partial charge is 0.309 e. The number of hydrogen-bond donors (Lipinski definition) is 0. The Hall–Kier alpha value is -1.05. The molecule has 0 unspecified atom stereocenters. The zero-order valence-corrected chi connectivity index (χ0v) is 9.43. The Balaban J connectivity index is 4.29. The lowest BCUT2D eigenvalue weighted by Crippen LogP contribution is -2.18. The van der Waals surface area contributed by atoms with E-state index in [0.717, 1.165) is 11.1 Å². The van der Waals surface area contributed by atoms with Crippen molar-refractivity contribution < 1.29 is 9.53 Å². The van der Waals surface area contributed by atoms with E-state index in [1.54, 1.807) is 0 Å². The van der Waals surface area contributed by atoms with E-state index in [9.17, 15) is 4.79 Å². The summed E-state index contributed by atoms with van der Waals surface area (Å²) in [5, 5.41) is 0. The second-order valence-electron chi connectivity index (χ2n) is 3.77. The highest BCUT2D eigenvalue weighted by Crippen LogP contribution is 2.19. The standard InChI is InChI=1S/C12H20O2/c1-6-14-12(13)11(7-9(2)3)8-10(4)5/h11H,2,4,6-8H2,1,3,5H3. The number of ether oxygens (including phenoxy) is 1. The van der Waals surface area contributed by atoms with Crippen molar-refractivity contribution in [1.82, 2.24) is 0 Å². The van der Waals surface area contributed by atoms with E-state index in [1.165, 1.54) is 0 Å². The lowest BCUT2D eigenvalue weighted by atomic mass is 9.94. The largest absolute Gasteiger partial charge is 0.466 e. The predicted octanol–water partition coefficient (Wildman–Crippen LogP) is 3.10. The molecular weight excluding hydrogens is 176 g/mol. The fourth-order valence-corrected chi connectivity index (χ4v) is 1.34. The summed E-state index contributed by atoms with van der Waals surface area (Å²) in [6, 6.07) is 0. The molecule has 0 aromatic rings. The number of hydrogen-bond acceptors (Lipinski definition) is 2. The molecule has 0 aromatic carbocycles. The molecule has 0 heterocycles. The Morgan fingerprint density at radius 3 is 1.93 bits per heavy atom. The van der Waals surface area contributed by atoms with Crippen molar-refractivity contribution in [1.29, 1.82) is 0 Å². The number of allylic oxidation sites excluding steroid dienone is 2. The Morgan fingerprint density at radius 1 is 1.21 bits per heavy atom. The summed E-state index contributed by atoms with van der Waals surface area (Å²) in [6.07, 6.45) is 1.37. The number of carbonyl (C=O) groups is 1. The minimum absolute atomic E-state index is 0.107. The van der Waals surface area contributed by atoms with Gasteiger partial charge >= 0.3 is 5.97 Å². The third-order valence-corrected chi connectivity index (χ3v) is 1.81. The average molecular weight is 196 g/mol. The monoisotopic (exact) mass is 196 g/mol. The van der Waals surface area contributed by atoms with E-state index < -0.39 is 0 Å². The van der Waals surface area contributed by atoms with Crippen LogP contribution in [-0.4, -0.2) is 12.6 Å². The quantitative estimate of drug-likeness (QED) is 0.482. The molecule has 0 radical (unpaired) electrons. The molecule has 0 spiro atoms. The fraction of sp³-hybridized carbons (Fsp3) is 0.583. The van der Waals surface area contributed by atoms with Gasteiger partial charge in [-0.05, 0) is 33.6 Å². The van der Waals surface area contributed by atoms with Crippen LogP contribution in [0.3, 0.4) is 0 Å². The second-order valence-corrected chi connectivity index (χ2v) is 3.77. The van der Waals surface area contributed by atoms with E-state index in [1.807, 2.05) is 20.8 Å². The van der Waals surface area contributed by atoms with Crippen LogP contribution in [0.15, 0.2) is 24.3 Å². The fourth-order valence-electron chi connectivity index (χ4n) is 1.34. The van der Waals surface area contributed by atoms with E-state index in [2.05, 4.69) is 13.2 Å². The van der Waals surface area contributed by atoms with Gasteiger partial charge in [-0.15, -0.1) is 13.2 Å². The van der Waals surface area contributed by atoms with Gasteiger partial charge in [0.2, 0.25) is 0 Å². The molecule has 0 aliphatic carbocycles. The van der Waals surface area contributed by atoms with Crippen molar-refractivity contribution in [3.63, 3.8) is 0 Å². The van der Waals surface area contributed by atoms with E-state index in [4.69, 9.17) is 4.74 Å². The van der Waals surface area contributed by atoms with E-state index >= 15 is 0 Å². The van der Waals surface area contributed by atoms with E-state index in [-0.39, 0.29) is 11.9 Å². The van der Waals surface area contributed by atoms with Crippen LogP contribution in [0.4, 0.5) is 0 Å². The van der Waals surface area contributed by atoms with Crippen molar-refractivity contribution in [2.24, 2.45) is 5.92 Å². The van der Waals surface area contributed by atoms with Gasteiger partial charge in [-0.3, -0.25) is 4.79 Å². The molecule has 0 bridgehead atoms. The first-order valence-electron chi connectivity index (χ1n) is 4.92. The van der Waals surface area contributed by atoms with Gasteiger partial charge in [0.15, 0.2) is 0 Å². The zero-order valence-electron chi connectivity index (χ0n) is 9.43. The van der Waals surface area contributed by atoms with Crippen LogP contribution in [-0.2, 0) is 9.53 Å². The molecule has 80 valence electrons. The maximum atomic E-state index is 11.5. The summed E-state index contributed by atoms with van der Waals surface area (Å²) in [6.45, 7) is 13.7. The summed E-state index contributed by atoms with van der Waals surface area (Å²) in [4.78, 5) is 11.5. The molecule has 0 aliphatic rings. The van der Waals surface area contributed by atoms with Gasteiger partial charge in [0.05, 0.1) is 12.5 Å². The molecule has 0 aliphatic heterocycles. The molecule has 0 N–H and O–H groups in total. The predicted molar refractivity (Wildman–Crippen MR) is 59.0 cm³/mol. The highest BCUT2D eigenvalue weighted by molar-refractivity contribution is 5.73. The first-order valence-corrected chi connectivity index (χ1v) is 4.92. The van der Waals surface area contributed by atoms with Gasteiger partial charge in [-0.1, -0.05) is 11.1 Å². The summed E-state index contributed by atoms with van der Waals surface area (Å²) in [5.41, 5.74) is 2.01. The maximum absolute atomic E-state index is 11.5. The Kier molecular flexibility index (Phi) is 5.93. The lowest BCUT2D eigenvalue weighted by molar-refractivity contribution is -0.147. The molecule has 0 saturated carbocycles. The maximum Gasteiger partial charge on any atom is 0.309 e. The van der Waals surface area contributed by atoms with Crippen molar-refractivity contribution in [2.75, 3.05) is 6.61 Å². The summed E-state index contributed by atoms with van der Waals surface area (Å²) < 4.78 is 4.98. The van der Waals surface area contributed by atoms with Crippen LogP contribution in [0.2, 0.25) is 0 Å². The third kappa shape index (κ3) is 5.57. The van der Waals surface area contributed by atoms with Gasteiger partial charge in [-0.25, -0.2) is 0 Å².